The first-order valence-corrected chi connectivity index (χ1v) is 11.9. The molecule has 1 atom stereocenters. The summed E-state index contributed by atoms with van der Waals surface area (Å²) in [7, 11) is 1.52. The number of phenols is 1. The fourth-order valence-corrected chi connectivity index (χ4v) is 4.01. The summed E-state index contributed by atoms with van der Waals surface area (Å²) in [6.07, 6.45) is 0.211. The summed E-state index contributed by atoms with van der Waals surface area (Å²) < 4.78 is 5.17. The van der Waals surface area contributed by atoms with Gasteiger partial charge >= 0.3 is 0 Å². The van der Waals surface area contributed by atoms with Gasteiger partial charge in [-0.1, -0.05) is 48.0 Å². The smallest absolute Gasteiger partial charge is 0.224 e. The average Bonchev–Trinajstić information content (AvgIpc) is 2.81. The minimum Gasteiger partial charge on any atom is -0.508 e. The number of aliphatic hydroxyl groups is 1. The van der Waals surface area contributed by atoms with E-state index in [1.807, 2.05) is 48.5 Å². The van der Waals surface area contributed by atoms with E-state index in [0.717, 1.165) is 16.7 Å². The van der Waals surface area contributed by atoms with Gasteiger partial charge in [-0.2, -0.15) is 0 Å². The molecule has 3 aromatic carbocycles. The lowest BCUT2D eigenvalue weighted by Gasteiger charge is -2.28. The molecule has 1 amide bonds. The van der Waals surface area contributed by atoms with Gasteiger partial charge in [0.2, 0.25) is 5.91 Å². The van der Waals surface area contributed by atoms with E-state index in [1.54, 1.807) is 6.07 Å². The van der Waals surface area contributed by atoms with Crippen molar-refractivity contribution in [3.8, 4) is 11.5 Å². The second-order valence-corrected chi connectivity index (χ2v) is 9.76. The second kappa shape index (κ2) is 12.1. The minimum absolute atomic E-state index is 0.0425. The number of carbonyl (C=O) groups excluding carboxylic acids is 1. The second-order valence-electron chi connectivity index (χ2n) is 9.32. The summed E-state index contributed by atoms with van der Waals surface area (Å²) >= 11 is 5.90. The summed E-state index contributed by atoms with van der Waals surface area (Å²) in [5.41, 5.74) is 3.31. The van der Waals surface area contributed by atoms with Crippen LogP contribution in [0.1, 0.15) is 42.2 Å². The van der Waals surface area contributed by atoms with Crippen LogP contribution in [0.3, 0.4) is 0 Å². The number of amides is 1. The number of β-amino-alcohol motifs (C(OH)–C–C–N with tert-alkyl or cyclic N) is 1. The molecule has 0 aliphatic carbocycles. The maximum Gasteiger partial charge on any atom is 0.224 e. The van der Waals surface area contributed by atoms with E-state index in [-0.39, 0.29) is 17.2 Å². The molecule has 0 aliphatic rings. The van der Waals surface area contributed by atoms with E-state index >= 15 is 0 Å². The van der Waals surface area contributed by atoms with Crippen LogP contribution in [0.15, 0.2) is 66.7 Å². The third kappa shape index (κ3) is 8.58. The topological polar surface area (TPSA) is 90.8 Å². The quantitative estimate of drug-likeness (QED) is 0.312. The van der Waals surface area contributed by atoms with Gasteiger partial charge in [-0.05, 0) is 66.8 Å². The molecular weight excluding hydrogens is 464 g/mol. The lowest BCUT2D eigenvalue weighted by Crippen LogP contribution is -2.43. The van der Waals surface area contributed by atoms with Crippen molar-refractivity contribution in [3.05, 3.63) is 94.0 Å². The summed E-state index contributed by atoms with van der Waals surface area (Å²) in [5.74, 6) is 0.498. The molecule has 0 aromatic heterocycles. The van der Waals surface area contributed by atoms with Gasteiger partial charge in [-0.15, -0.1) is 0 Å². The lowest BCUT2D eigenvalue weighted by atomic mass is 9.93. The maximum absolute atomic E-state index is 12.4. The van der Waals surface area contributed by atoms with Gasteiger partial charge in [0.15, 0.2) is 0 Å². The highest BCUT2D eigenvalue weighted by atomic mass is 35.5. The summed E-state index contributed by atoms with van der Waals surface area (Å²) in [6, 6.07) is 20.1. The Labute approximate surface area is 211 Å². The molecular formula is C28H33ClN2O4. The van der Waals surface area contributed by atoms with Crippen molar-refractivity contribution in [2.45, 2.75) is 44.9 Å². The van der Waals surface area contributed by atoms with Crippen LogP contribution in [0.25, 0.3) is 0 Å². The van der Waals surface area contributed by atoms with Crippen molar-refractivity contribution in [2.24, 2.45) is 0 Å². The first kappa shape index (κ1) is 26.5. The Morgan fingerprint density at radius 1 is 1.03 bits per heavy atom. The zero-order valence-corrected chi connectivity index (χ0v) is 21.1. The van der Waals surface area contributed by atoms with Crippen molar-refractivity contribution < 1.29 is 19.7 Å². The molecule has 4 N–H and O–H groups in total. The zero-order valence-electron chi connectivity index (χ0n) is 20.3. The number of benzene rings is 3. The van der Waals surface area contributed by atoms with Crippen molar-refractivity contribution in [1.29, 1.82) is 0 Å². The van der Waals surface area contributed by atoms with Crippen LogP contribution < -0.4 is 15.4 Å². The largest absolute Gasteiger partial charge is 0.508 e. The molecule has 0 saturated heterocycles. The molecule has 0 heterocycles. The molecule has 0 spiro atoms. The number of aliphatic hydroxyl groups excluding tert-OH is 1. The van der Waals surface area contributed by atoms with Gasteiger partial charge in [0, 0.05) is 29.7 Å². The normalized spacial score (nSPS) is 12.3. The van der Waals surface area contributed by atoms with Crippen molar-refractivity contribution in [2.75, 3.05) is 13.7 Å². The first-order chi connectivity index (χ1) is 16.6. The molecule has 0 unspecified atom stereocenters. The zero-order chi connectivity index (χ0) is 25.4. The van der Waals surface area contributed by atoms with Crippen LogP contribution in [0.4, 0.5) is 0 Å². The van der Waals surface area contributed by atoms with E-state index in [1.165, 1.54) is 19.2 Å². The molecule has 35 heavy (non-hydrogen) atoms. The number of carbonyl (C=O) groups is 1. The van der Waals surface area contributed by atoms with E-state index < -0.39 is 6.10 Å². The molecule has 0 fully saturated rings. The number of hydrogen-bond acceptors (Lipinski definition) is 5. The Balaban J connectivity index is 1.53. The van der Waals surface area contributed by atoms with Gasteiger partial charge < -0.3 is 25.6 Å². The fourth-order valence-electron chi connectivity index (χ4n) is 3.88. The highest BCUT2D eigenvalue weighted by molar-refractivity contribution is 6.30. The number of nitrogens with one attached hydrogen (secondary N) is 2. The fraction of sp³-hybridized carbons (Fsp3) is 0.321. The van der Waals surface area contributed by atoms with Crippen molar-refractivity contribution in [1.82, 2.24) is 10.6 Å². The Kier molecular flexibility index (Phi) is 9.15. The van der Waals surface area contributed by atoms with Crippen molar-refractivity contribution >= 4 is 17.5 Å². The number of ether oxygens (including phenoxy) is 1. The molecule has 3 rings (SSSR count). The van der Waals surface area contributed by atoms with Crippen LogP contribution in [0.5, 0.6) is 11.5 Å². The van der Waals surface area contributed by atoms with Gasteiger partial charge in [0.1, 0.15) is 11.5 Å². The van der Waals surface area contributed by atoms with Gasteiger partial charge in [-0.3, -0.25) is 4.79 Å². The van der Waals surface area contributed by atoms with Crippen LogP contribution in [0.2, 0.25) is 5.02 Å². The predicted octanol–water partition coefficient (Wildman–Crippen LogP) is 4.56. The molecule has 0 saturated carbocycles. The van der Waals surface area contributed by atoms with E-state index in [0.29, 0.717) is 42.3 Å². The van der Waals surface area contributed by atoms with Crippen LogP contribution in [-0.4, -0.2) is 35.3 Å². The first-order valence-electron chi connectivity index (χ1n) is 11.5. The highest BCUT2D eigenvalue weighted by Crippen LogP contribution is 2.26. The lowest BCUT2D eigenvalue weighted by molar-refractivity contribution is -0.120. The molecule has 0 aliphatic heterocycles. The Bertz CT molecular complexity index is 1130. The number of aromatic hydroxyl groups is 1. The average molecular weight is 497 g/mol. The Morgan fingerprint density at radius 2 is 1.74 bits per heavy atom. The molecule has 3 aromatic rings. The number of rotatable bonds is 11. The van der Waals surface area contributed by atoms with E-state index in [9.17, 15) is 15.0 Å². The number of hydrogen-bond donors (Lipinski definition) is 4. The highest BCUT2D eigenvalue weighted by Gasteiger charge is 2.21. The van der Waals surface area contributed by atoms with Gasteiger partial charge in [0.25, 0.3) is 0 Å². The summed E-state index contributed by atoms with van der Waals surface area (Å²) in [5, 5.41) is 27.5. The van der Waals surface area contributed by atoms with E-state index in [2.05, 4.69) is 24.5 Å². The predicted molar refractivity (Wildman–Crippen MR) is 139 cm³/mol. The SMILES string of the molecule is COc1cc(O)cc([C@@H](O)CNC(C)(C)Cc2cccc(CC(=O)NCc3ccc(Cl)cc3)c2)c1. The molecule has 7 heteroatoms. The molecule has 0 bridgehead atoms. The van der Waals surface area contributed by atoms with Crippen LogP contribution >= 0.6 is 11.6 Å². The number of halogens is 1. The minimum atomic E-state index is -0.800. The molecule has 0 radical (unpaired) electrons. The Hall–Kier alpha value is -3.06. The molecule has 6 nitrogen and oxygen atoms in total. The third-order valence-electron chi connectivity index (χ3n) is 5.71. The van der Waals surface area contributed by atoms with Gasteiger partial charge in [0.05, 0.1) is 19.6 Å². The number of phenolic OH excluding ortho intramolecular Hbond substituents is 1. The van der Waals surface area contributed by atoms with Crippen LogP contribution in [-0.2, 0) is 24.2 Å². The van der Waals surface area contributed by atoms with Gasteiger partial charge in [-0.25, -0.2) is 0 Å². The van der Waals surface area contributed by atoms with Crippen LogP contribution in [0, 0.1) is 0 Å². The molecule has 186 valence electrons. The maximum atomic E-state index is 12.4. The third-order valence-corrected chi connectivity index (χ3v) is 5.97. The monoisotopic (exact) mass is 496 g/mol. The number of methoxy groups -OCH3 is 1. The van der Waals surface area contributed by atoms with Crippen molar-refractivity contribution in [3.63, 3.8) is 0 Å². The standard InChI is InChI=1S/C28H33ClN2O4/c1-28(2,31-18-26(33)22-13-24(32)15-25(14-22)35-3)16-21-6-4-5-20(11-21)12-27(34)30-17-19-7-9-23(29)10-8-19/h4-11,13-15,26,31-33H,12,16-18H2,1-3H3,(H,30,34)/t26-/m0/s1. The summed E-state index contributed by atoms with van der Waals surface area (Å²) in [6.45, 7) is 4.90. The van der Waals surface area contributed by atoms with E-state index in [4.69, 9.17) is 16.3 Å². The Morgan fingerprint density at radius 3 is 2.46 bits per heavy atom. The summed E-state index contributed by atoms with van der Waals surface area (Å²) in [4.78, 5) is 12.4.